The van der Waals surface area contributed by atoms with E-state index in [9.17, 15) is 9.59 Å². The van der Waals surface area contributed by atoms with Gasteiger partial charge in [-0.25, -0.2) is 9.59 Å². The van der Waals surface area contributed by atoms with E-state index >= 15 is 0 Å². The average Bonchev–Trinajstić information content (AvgIpc) is 2.45. The predicted molar refractivity (Wildman–Crippen MR) is 83.4 cm³/mol. The molecule has 0 spiro atoms. The number of nitriles is 1. The number of anilines is 1. The summed E-state index contributed by atoms with van der Waals surface area (Å²) < 4.78 is 15.7. The Kier molecular flexibility index (Phi) is 4.61. The summed E-state index contributed by atoms with van der Waals surface area (Å²) in [6, 6.07) is 5.12. The molecule has 0 unspecified atom stereocenters. The largest absolute Gasteiger partial charge is 0.495 e. The van der Waals surface area contributed by atoms with Crippen LogP contribution in [0.15, 0.2) is 28.4 Å². The van der Waals surface area contributed by atoms with Gasteiger partial charge in [0.25, 0.3) is 5.79 Å². The lowest BCUT2D eigenvalue weighted by Gasteiger charge is -2.29. The second kappa shape index (κ2) is 6.30. The Morgan fingerprint density at radius 1 is 1.30 bits per heavy atom. The Labute approximate surface area is 140 Å². The van der Waals surface area contributed by atoms with E-state index < -0.39 is 17.7 Å². The molecule has 1 saturated heterocycles. The highest BCUT2D eigenvalue weighted by atomic mass is 79.9. The summed E-state index contributed by atoms with van der Waals surface area (Å²) in [4.78, 5) is 23.7. The smallest absolute Gasteiger partial charge is 0.350 e. The van der Waals surface area contributed by atoms with Crippen LogP contribution in [0.4, 0.5) is 5.69 Å². The summed E-state index contributed by atoms with van der Waals surface area (Å²) in [5, 5.41) is 11.9. The summed E-state index contributed by atoms with van der Waals surface area (Å²) in [5.74, 6) is -2.42. The maximum absolute atomic E-state index is 11.8. The minimum Gasteiger partial charge on any atom is -0.495 e. The second-order valence-corrected chi connectivity index (χ2v) is 5.88. The highest BCUT2D eigenvalue weighted by molar-refractivity contribution is 9.10. The Hall–Kier alpha value is -2.53. The number of hydrogen-bond donors (Lipinski definition) is 1. The highest BCUT2D eigenvalue weighted by Gasteiger charge is 2.38. The van der Waals surface area contributed by atoms with Crippen LogP contribution in [0.25, 0.3) is 0 Å². The zero-order valence-electron chi connectivity index (χ0n) is 12.6. The first kappa shape index (κ1) is 16.8. The number of rotatable bonds is 3. The van der Waals surface area contributed by atoms with Crippen LogP contribution in [-0.4, -0.2) is 24.8 Å². The number of nitrogens with zero attached hydrogens (tertiary/aromatic N) is 1. The number of carbonyl (C=O) groups is 2. The standard InChI is InChI=1S/C15H13BrN2O5/c1-15(2)22-13(19)9(14(20)23-15)7-18-11-5-12(21-3)10(16)4-8(11)6-17/h4-5,7,18H,1-3H3. The van der Waals surface area contributed by atoms with Crippen molar-refractivity contribution in [1.82, 2.24) is 0 Å². The fourth-order valence-corrected chi connectivity index (χ4v) is 2.36. The molecule has 8 heteroatoms. The normalized spacial score (nSPS) is 16.0. The zero-order chi connectivity index (χ0) is 17.2. The molecule has 0 saturated carbocycles. The minimum absolute atomic E-state index is 0.296. The molecule has 0 aromatic heterocycles. The third kappa shape index (κ3) is 3.63. The van der Waals surface area contributed by atoms with Gasteiger partial charge in [0, 0.05) is 26.1 Å². The molecule has 120 valence electrons. The van der Waals surface area contributed by atoms with E-state index in [2.05, 4.69) is 21.2 Å². The quantitative estimate of drug-likeness (QED) is 0.488. The number of cyclic esters (lactones) is 2. The zero-order valence-corrected chi connectivity index (χ0v) is 14.2. The van der Waals surface area contributed by atoms with Crippen LogP contribution < -0.4 is 10.1 Å². The molecule has 1 heterocycles. The molecule has 1 fully saturated rings. The summed E-state index contributed by atoms with van der Waals surface area (Å²) in [7, 11) is 1.48. The summed E-state index contributed by atoms with van der Waals surface area (Å²) in [5.41, 5.74) is 0.369. The van der Waals surface area contributed by atoms with Crippen molar-refractivity contribution < 1.29 is 23.8 Å². The van der Waals surface area contributed by atoms with Crippen molar-refractivity contribution in [3.05, 3.63) is 33.9 Å². The molecule has 1 aromatic carbocycles. The number of carbonyl (C=O) groups excluding carboxylic acids is 2. The van der Waals surface area contributed by atoms with E-state index in [1.54, 1.807) is 12.1 Å². The van der Waals surface area contributed by atoms with Gasteiger partial charge >= 0.3 is 11.9 Å². The topological polar surface area (TPSA) is 97.7 Å². The molecule has 1 aromatic rings. The SMILES string of the molecule is COc1cc(NC=C2C(=O)OC(C)(C)OC2=O)c(C#N)cc1Br. The number of halogens is 1. The van der Waals surface area contributed by atoms with E-state index in [0.29, 0.717) is 21.5 Å². The van der Waals surface area contributed by atoms with Crippen molar-refractivity contribution in [2.75, 3.05) is 12.4 Å². The molecular weight excluding hydrogens is 368 g/mol. The van der Waals surface area contributed by atoms with Gasteiger partial charge < -0.3 is 19.5 Å². The van der Waals surface area contributed by atoms with Crippen LogP contribution in [0.5, 0.6) is 5.75 Å². The van der Waals surface area contributed by atoms with Gasteiger partial charge in [0.2, 0.25) is 0 Å². The van der Waals surface area contributed by atoms with Crippen LogP contribution in [0.2, 0.25) is 0 Å². The Bertz CT molecular complexity index is 727. The van der Waals surface area contributed by atoms with Crippen LogP contribution in [-0.2, 0) is 19.1 Å². The number of benzene rings is 1. The van der Waals surface area contributed by atoms with Gasteiger partial charge in [-0.2, -0.15) is 5.26 Å². The van der Waals surface area contributed by atoms with Gasteiger partial charge in [-0.1, -0.05) is 0 Å². The molecule has 0 bridgehead atoms. The lowest BCUT2D eigenvalue weighted by molar-refractivity contribution is -0.222. The number of esters is 2. The second-order valence-electron chi connectivity index (χ2n) is 5.03. The molecule has 7 nitrogen and oxygen atoms in total. The molecule has 0 amide bonds. The van der Waals surface area contributed by atoms with Crippen molar-refractivity contribution in [3.63, 3.8) is 0 Å². The first-order chi connectivity index (χ1) is 10.8. The molecule has 0 radical (unpaired) electrons. The summed E-state index contributed by atoms with van der Waals surface area (Å²) in [6.07, 6.45) is 1.14. The van der Waals surface area contributed by atoms with Gasteiger partial charge in [-0.05, 0) is 22.0 Å². The molecule has 0 aliphatic carbocycles. The monoisotopic (exact) mass is 380 g/mol. The van der Waals surface area contributed by atoms with Crippen molar-refractivity contribution in [3.8, 4) is 11.8 Å². The molecule has 23 heavy (non-hydrogen) atoms. The van der Waals surface area contributed by atoms with Gasteiger partial charge in [0.1, 0.15) is 11.8 Å². The van der Waals surface area contributed by atoms with E-state index in [-0.39, 0.29) is 5.57 Å². The van der Waals surface area contributed by atoms with Crippen LogP contribution in [0, 0.1) is 11.3 Å². The number of hydrogen-bond acceptors (Lipinski definition) is 7. The Morgan fingerprint density at radius 2 is 1.91 bits per heavy atom. The maximum atomic E-state index is 11.8. The lowest BCUT2D eigenvalue weighted by Crippen LogP contribution is -2.42. The third-order valence-corrected chi connectivity index (χ3v) is 3.52. The van der Waals surface area contributed by atoms with E-state index in [1.807, 2.05) is 6.07 Å². The molecule has 0 atom stereocenters. The minimum atomic E-state index is -1.30. The molecule has 1 N–H and O–H groups in total. The highest BCUT2D eigenvalue weighted by Crippen LogP contribution is 2.31. The van der Waals surface area contributed by atoms with Crippen molar-refractivity contribution in [2.45, 2.75) is 19.6 Å². The first-order valence-electron chi connectivity index (χ1n) is 6.48. The fraction of sp³-hybridized carbons (Fsp3) is 0.267. The van der Waals surface area contributed by atoms with Crippen LogP contribution in [0.1, 0.15) is 19.4 Å². The molecular formula is C15H13BrN2O5. The van der Waals surface area contributed by atoms with Crippen LogP contribution in [0.3, 0.4) is 0 Å². The summed E-state index contributed by atoms with van der Waals surface area (Å²) >= 11 is 3.27. The number of ether oxygens (including phenoxy) is 3. The van der Waals surface area contributed by atoms with Crippen LogP contribution >= 0.6 is 15.9 Å². The molecule has 2 rings (SSSR count). The first-order valence-corrected chi connectivity index (χ1v) is 7.27. The average molecular weight is 381 g/mol. The van der Waals surface area contributed by atoms with Gasteiger partial charge in [0.15, 0.2) is 5.57 Å². The lowest BCUT2D eigenvalue weighted by atomic mass is 10.1. The Balaban J connectivity index is 2.31. The molecule has 1 aliphatic rings. The number of methoxy groups -OCH3 is 1. The van der Waals surface area contributed by atoms with E-state index in [4.69, 9.17) is 19.5 Å². The fourth-order valence-electron chi connectivity index (χ4n) is 1.85. The van der Waals surface area contributed by atoms with Crippen molar-refractivity contribution >= 4 is 33.6 Å². The van der Waals surface area contributed by atoms with Crippen molar-refractivity contribution in [1.29, 1.82) is 5.26 Å². The van der Waals surface area contributed by atoms with Gasteiger partial charge in [-0.3, -0.25) is 0 Å². The predicted octanol–water partition coefficient (Wildman–Crippen LogP) is 2.46. The van der Waals surface area contributed by atoms with E-state index in [1.165, 1.54) is 21.0 Å². The number of nitrogens with one attached hydrogen (secondary N) is 1. The van der Waals surface area contributed by atoms with Crippen molar-refractivity contribution in [2.24, 2.45) is 0 Å². The third-order valence-electron chi connectivity index (χ3n) is 2.90. The maximum Gasteiger partial charge on any atom is 0.350 e. The van der Waals surface area contributed by atoms with E-state index in [0.717, 1.165) is 6.20 Å². The molecule has 1 aliphatic heterocycles. The van der Waals surface area contributed by atoms with Gasteiger partial charge in [-0.15, -0.1) is 0 Å². The summed E-state index contributed by atoms with van der Waals surface area (Å²) in [6.45, 7) is 2.92. The van der Waals surface area contributed by atoms with Gasteiger partial charge in [0.05, 0.1) is 22.8 Å². The Morgan fingerprint density at radius 3 is 2.43 bits per heavy atom.